The number of hydrogen-bond acceptors (Lipinski definition) is 6. The highest BCUT2D eigenvalue weighted by Gasteiger charge is 2.59. The molecule has 4 aliphatic rings. The number of hydrazone groups is 1. The molecule has 5 rings (SSSR count). The van der Waals surface area contributed by atoms with Crippen molar-refractivity contribution in [2.75, 3.05) is 32.9 Å². The smallest absolute Gasteiger partial charge is 0.260 e. The molecule has 1 saturated carbocycles. The van der Waals surface area contributed by atoms with Crippen LogP contribution in [-0.2, 0) is 19.1 Å². The van der Waals surface area contributed by atoms with E-state index >= 15 is 0 Å². The SMILES string of the molecule is O=C(COc1ccc(C=NN2C(=O)[C@@H]3[C@H](C2=O)[C@H]2C=C[C@H]3C2)cc1Br)N1CCOCC1. The third-order valence-corrected chi connectivity index (χ3v) is 7.06. The van der Waals surface area contributed by atoms with Crippen LogP contribution in [-0.4, -0.2) is 66.8 Å². The van der Waals surface area contributed by atoms with Crippen molar-refractivity contribution in [2.45, 2.75) is 6.42 Å². The summed E-state index contributed by atoms with van der Waals surface area (Å²) in [5.74, 6) is -0.148. The first-order chi connectivity index (χ1) is 15.0. The molecular formula is C22H22BrN3O5. The van der Waals surface area contributed by atoms with Gasteiger partial charge in [-0.05, 0) is 57.9 Å². The number of amides is 3. The van der Waals surface area contributed by atoms with Gasteiger partial charge in [0.2, 0.25) is 0 Å². The number of allylic oxidation sites excluding steroid dienone is 2. The van der Waals surface area contributed by atoms with Gasteiger partial charge >= 0.3 is 0 Å². The maximum atomic E-state index is 12.7. The summed E-state index contributed by atoms with van der Waals surface area (Å²) in [6.45, 7) is 2.19. The molecule has 0 aromatic heterocycles. The molecule has 0 spiro atoms. The lowest BCUT2D eigenvalue weighted by atomic mass is 9.85. The van der Waals surface area contributed by atoms with E-state index in [1.165, 1.54) is 6.21 Å². The maximum absolute atomic E-state index is 12.7. The fraction of sp³-hybridized carbons (Fsp3) is 0.455. The Hall–Kier alpha value is -2.52. The summed E-state index contributed by atoms with van der Waals surface area (Å²) in [5.41, 5.74) is 0.706. The van der Waals surface area contributed by atoms with Gasteiger partial charge in [-0.25, -0.2) is 0 Å². The summed E-state index contributed by atoms with van der Waals surface area (Å²) in [7, 11) is 0. The summed E-state index contributed by atoms with van der Waals surface area (Å²) in [6, 6.07) is 5.26. The number of hydrogen-bond donors (Lipinski definition) is 0. The van der Waals surface area contributed by atoms with E-state index in [1.807, 2.05) is 0 Å². The van der Waals surface area contributed by atoms with Gasteiger partial charge in [-0.15, -0.1) is 0 Å². The second-order valence-electron chi connectivity index (χ2n) is 8.20. The third-order valence-electron chi connectivity index (χ3n) is 6.44. The molecule has 3 fully saturated rings. The van der Waals surface area contributed by atoms with E-state index in [0.29, 0.717) is 42.1 Å². The van der Waals surface area contributed by atoms with Crippen LogP contribution in [0.25, 0.3) is 0 Å². The van der Waals surface area contributed by atoms with Gasteiger partial charge in [-0.3, -0.25) is 14.4 Å². The molecule has 8 nitrogen and oxygen atoms in total. The first kappa shape index (κ1) is 20.4. The summed E-state index contributed by atoms with van der Waals surface area (Å²) in [5, 5.41) is 5.22. The fourth-order valence-corrected chi connectivity index (χ4v) is 5.39. The van der Waals surface area contributed by atoms with Crippen LogP contribution in [0.4, 0.5) is 0 Å². The van der Waals surface area contributed by atoms with E-state index in [9.17, 15) is 14.4 Å². The number of imide groups is 1. The first-order valence-corrected chi connectivity index (χ1v) is 11.2. The molecule has 2 bridgehead atoms. The van der Waals surface area contributed by atoms with Gasteiger partial charge in [0.1, 0.15) is 5.75 Å². The number of rotatable bonds is 5. The molecule has 0 unspecified atom stereocenters. The van der Waals surface area contributed by atoms with E-state index in [0.717, 1.165) is 11.4 Å². The first-order valence-electron chi connectivity index (χ1n) is 10.4. The second kappa shape index (κ2) is 8.20. The van der Waals surface area contributed by atoms with E-state index in [1.54, 1.807) is 23.1 Å². The van der Waals surface area contributed by atoms with Crippen molar-refractivity contribution < 1.29 is 23.9 Å². The summed E-state index contributed by atoms with van der Waals surface area (Å²) in [6.07, 6.45) is 6.51. The summed E-state index contributed by atoms with van der Waals surface area (Å²) in [4.78, 5) is 39.3. The molecular weight excluding hydrogens is 466 g/mol. The molecule has 2 aliphatic carbocycles. The summed E-state index contributed by atoms with van der Waals surface area (Å²) < 4.78 is 11.6. The minimum absolute atomic E-state index is 0.0536. The van der Waals surface area contributed by atoms with Crippen molar-refractivity contribution in [1.29, 1.82) is 0 Å². The molecule has 31 heavy (non-hydrogen) atoms. The lowest BCUT2D eigenvalue weighted by Gasteiger charge is -2.26. The molecule has 0 radical (unpaired) electrons. The normalized spacial score (nSPS) is 29.3. The van der Waals surface area contributed by atoms with Crippen molar-refractivity contribution in [2.24, 2.45) is 28.8 Å². The average molecular weight is 488 g/mol. The van der Waals surface area contributed by atoms with E-state index < -0.39 is 0 Å². The van der Waals surface area contributed by atoms with Crippen LogP contribution in [0, 0.1) is 23.7 Å². The molecule has 9 heteroatoms. The monoisotopic (exact) mass is 487 g/mol. The van der Waals surface area contributed by atoms with Crippen LogP contribution in [0.15, 0.2) is 39.9 Å². The minimum atomic E-state index is -0.258. The molecule has 1 aromatic rings. The Balaban J connectivity index is 1.21. The largest absolute Gasteiger partial charge is 0.483 e. The zero-order valence-electron chi connectivity index (χ0n) is 16.8. The van der Waals surface area contributed by atoms with Crippen LogP contribution in [0.1, 0.15) is 12.0 Å². The Morgan fingerprint density at radius 1 is 1.16 bits per heavy atom. The summed E-state index contributed by atoms with van der Waals surface area (Å²) >= 11 is 3.45. The van der Waals surface area contributed by atoms with E-state index in [4.69, 9.17) is 9.47 Å². The Bertz CT molecular complexity index is 957. The van der Waals surface area contributed by atoms with Crippen LogP contribution in [0.2, 0.25) is 0 Å². The third kappa shape index (κ3) is 3.70. The van der Waals surface area contributed by atoms with E-state index in [-0.39, 0.29) is 48.0 Å². The predicted octanol–water partition coefficient (Wildman–Crippen LogP) is 1.83. The van der Waals surface area contributed by atoms with Crippen LogP contribution in [0.3, 0.4) is 0 Å². The lowest BCUT2D eigenvalue weighted by Crippen LogP contribution is -2.43. The number of halogens is 1. The number of carbonyl (C=O) groups excluding carboxylic acids is 3. The molecule has 4 atom stereocenters. The number of fused-ring (bicyclic) bond motifs is 5. The van der Waals surface area contributed by atoms with Gasteiger partial charge in [-0.2, -0.15) is 10.1 Å². The molecule has 2 heterocycles. The van der Waals surface area contributed by atoms with Crippen molar-refractivity contribution in [1.82, 2.24) is 9.91 Å². The van der Waals surface area contributed by atoms with Crippen molar-refractivity contribution >= 4 is 39.9 Å². The lowest BCUT2D eigenvalue weighted by molar-refractivity contribution is -0.140. The van der Waals surface area contributed by atoms with Gasteiger partial charge in [0, 0.05) is 13.1 Å². The molecule has 2 saturated heterocycles. The Kier molecular flexibility index (Phi) is 5.39. The number of nitrogens with zero attached hydrogens (tertiary/aromatic N) is 3. The van der Waals surface area contributed by atoms with Crippen LogP contribution in [0.5, 0.6) is 5.75 Å². The highest BCUT2D eigenvalue weighted by Crippen LogP contribution is 2.52. The predicted molar refractivity (Wildman–Crippen MR) is 114 cm³/mol. The molecule has 1 aromatic carbocycles. The number of morpholine rings is 1. The zero-order valence-corrected chi connectivity index (χ0v) is 18.4. The fourth-order valence-electron chi connectivity index (χ4n) is 4.88. The maximum Gasteiger partial charge on any atom is 0.260 e. The highest BCUT2D eigenvalue weighted by atomic mass is 79.9. The van der Waals surface area contributed by atoms with Gasteiger partial charge < -0.3 is 14.4 Å². The van der Waals surface area contributed by atoms with Gasteiger partial charge in [0.25, 0.3) is 17.7 Å². The van der Waals surface area contributed by atoms with Gasteiger partial charge in [0.05, 0.1) is 35.7 Å². The molecule has 0 N–H and O–H groups in total. The van der Waals surface area contributed by atoms with Crippen LogP contribution >= 0.6 is 15.9 Å². The molecule has 162 valence electrons. The standard InChI is InChI=1S/C22H22BrN3O5/c23-16-9-13(1-4-17(16)31-12-18(27)25-5-7-30-8-6-25)11-24-26-21(28)19-14-2-3-15(10-14)20(19)22(26)29/h1-4,9,11,14-15,19-20H,5-8,10,12H2/t14-,15-,19-,20+/m0/s1. The number of carbonyl (C=O) groups is 3. The number of ether oxygens (including phenoxy) is 2. The quantitative estimate of drug-likeness (QED) is 0.359. The molecule has 2 aliphatic heterocycles. The molecule has 3 amide bonds. The Morgan fingerprint density at radius 2 is 1.84 bits per heavy atom. The van der Waals surface area contributed by atoms with Crippen LogP contribution < -0.4 is 4.74 Å². The second-order valence-corrected chi connectivity index (χ2v) is 9.06. The topological polar surface area (TPSA) is 88.5 Å². The Labute approximate surface area is 188 Å². The van der Waals surface area contributed by atoms with Crippen molar-refractivity contribution in [3.63, 3.8) is 0 Å². The Morgan fingerprint density at radius 3 is 2.48 bits per heavy atom. The van der Waals surface area contributed by atoms with Gasteiger partial charge in [-0.1, -0.05) is 12.2 Å². The van der Waals surface area contributed by atoms with Crippen molar-refractivity contribution in [3.8, 4) is 5.75 Å². The average Bonchev–Trinajstić information content (AvgIpc) is 3.46. The minimum Gasteiger partial charge on any atom is -0.483 e. The highest BCUT2D eigenvalue weighted by molar-refractivity contribution is 9.10. The zero-order chi connectivity index (χ0) is 21.5. The van der Waals surface area contributed by atoms with E-state index in [2.05, 4.69) is 33.2 Å². The van der Waals surface area contributed by atoms with Gasteiger partial charge in [0.15, 0.2) is 6.61 Å². The number of benzene rings is 1. The van der Waals surface area contributed by atoms with Crippen molar-refractivity contribution in [3.05, 3.63) is 40.4 Å².